The molecule has 0 spiro atoms. The highest BCUT2D eigenvalue weighted by atomic mass is 35.5. The summed E-state index contributed by atoms with van der Waals surface area (Å²) in [7, 11) is 3.47. The van der Waals surface area contributed by atoms with Gasteiger partial charge in [0.2, 0.25) is 0 Å². The zero-order valence-electron chi connectivity index (χ0n) is 13.9. The van der Waals surface area contributed by atoms with Crippen LogP contribution in [0.3, 0.4) is 0 Å². The van der Waals surface area contributed by atoms with Crippen molar-refractivity contribution in [2.75, 3.05) is 24.3 Å². The molecular weight excluding hydrogens is 378 g/mol. The Labute approximate surface area is 160 Å². The fourth-order valence-electron chi connectivity index (χ4n) is 2.09. The largest absolute Gasteiger partial charge is 0.377 e. The van der Waals surface area contributed by atoms with Crippen LogP contribution in [-0.2, 0) is 0 Å². The summed E-state index contributed by atoms with van der Waals surface area (Å²) in [6, 6.07) is 10.9. The molecular formula is C16H16ClN5O3S. The Balaban J connectivity index is 2.06. The molecule has 8 nitrogen and oxygen atoms in total. The number of carbonyl (C=O) groups excluding carboxylic acids is 1. The molecule has 0 fully saturated rings. The number of nitrogens with zero attached hydrogens (tertiary/aromatic N) is 2. The molecule has 0 atom stereocenters. The Bertz CT molecular complexity index is 842. The lowest BCUT2D eigenvalue weighted by atomic mass is 10.1. The van der Waals surface area contributed by atoms with Crippen molar-refractivity contribution in [1.29, 1.82) is 0 Å². The molecule has 2 aromatic carbocycles. The summed E-state index contributed by atoms with van der Waals surface area (Å²) < 4.78 is 0. The van der Waals surface area contributed by atoms with Crippen LogP contribution in [0.4, 0.5) is 17.1 Å². The summed E-state index contributed by atoms with van der Waals surface area (Å²) in [6.45, 7) is 0. The Morgan fingerprint density at radius 3 is 2.38 bits per heavy atom. The smallest absolute Gasteiger partial charge is 0.272 e. The summed E-state index contributed by atoms with van der Waals surface area (Å²) in [5, 5.41) is 14.6. The van der Waals surface area contributed by atoms with Crippen LogP contribution in [0.25, 0.3) is 0 Å². The van der Waals surface area contributed by atoms with Crippen molar-refractivity contribution < 1.29 is 9.72 Å². The predicted molar refractivity (Wildman–Crippen MR) is 106 cm³/mol. The molecule has 0 radical (unpaired) electrons. The number of hydrazine groups is 1. The number of hydrogen-bond donors (Lipinski definition) is 3. The number of anilines is 2. The van der Waals surface area contributed by atoms with Crippen molar-refractivity contribution in [2.24, 2.45) is 0 Å². The molecule has 0 bridgehead atoms. The van der Waals surface area contributed by atoms with Gasteiger partial charge in [-0.15, -0.1) is 0 Å². The second-order valence-electron chi connectivity index (χ2n) is 5.39. The van der Waals surface area contributed by atoms with E-state index in [1.165, 1.54) is 18.2 Å². The molecule has 0 unspecified atom stereocenters. The topological polar surface area (TPSA) is 99.5 Å². The van der Waals surface area contributed by atoms with E-state index in [1.807, 2.05) is 0 Å². The number of nitrogens with one attached hydrogen (secondary N) is 3. The maximum atomic E-state index is 12.4. The minimum atomic E-state index is -0.559. The third kappa shape index (κ3) is 5.04. The normalized spacial score (nSPS) is 9.96. The zero-order valence-corrected chi connectivity index (χ0v) is 15.5. The van der Waals surface area contributed by atoms with Gasteiger partial charge in [0, 0.05) is 42.6 Å². The minimum Gasteiger partial charge on any atom is -0.377 e. The van der Waals surface area contributed by atoms with E-state index >= 15 is 0 Å². The lowest BCUT2D eigenvalue weighted by molar-refractivity contribution is -0.384. The first-order chi connectivity index (χ1) is 12.3. The van der Waals surface area contributed by atoms with Crippen LogP contribution >= 0.6 is 23.8 Å². The van der Waals surface area contributed by atoms with Crippen LogP contribution in [0.2, 0.25) is 5.02 Å². The molecule has 1 amide bonds. The van der Waals surface area contributed by atoms with Gasteiger partial charge in [0.15, 0.2) is 5.11 Å². The lowest BCUT2D eigenvalue weighted by Gasteiger charge is -2.17. The van der Waals surface area contributed by atoms with Crippen LogP contribution in [0.5, 0.6) is 0 Å². The molecule has 0 saturated carbocycles. The second kappa shape index (κ2) is 8.45. The highest BCUT2D eigenvalue weighted by Crippen LogP contribution is 2.24. The molecule has 136 valence electrons. The number of rotatable bonds is 4. The van der Waals surface area contributed by atoms with Crippen molar-refractivity contribution in [3.8, 4) is 0 Å². The summed E-state index contributed by atoms with van der Waals surface area (Å²) in [5.41, 5.74) is 6.17. The van der Waals surface area contributed by atoms with Gasteiger partial charge in [0.25, 0.3) is 11.6 Å². The van der Waals surface area contributed by atoms with Gasteiger partial charge < -0.3 is 10.2 Å². The number of non-ortho nitro benzene ring substituents is 1. The number of carbonyl (C=O) groups is 1. The fraction of sp³-hybridized carbons (Fsp3) is 0.125. The minimum absolute atomic E-state index is 0.144. The van der Waals surface area contributed by atoms with Crippen molar-refractivity contribution >= 4 is 51.9 Å². The molecule has 0 aliphatic carbocycles. The Morgan fingerprint density at radius 1 is 1.15 bits per heavy atom. The Hall–Kier alpha value is -2.91. The van der Waals surface area contributed by atoms with E-state index in [-0.39, 0.29) is 16.4 Å². The highest BCUT2D eigenvalue weighted by molar-refractivity contribution is 7.80. The van der Waals surface area contributed by atoms with E-state index in [4.69, 9.17) is 23.8 Å². The Kier molecular flexibility index (Phi) is 6.31. The van der Waals surface area contributed by atoms with E-state index < -0.39 is 10.8 Å². The van der Waals surface area contributed by atoms with E-state index in [0.29, 0.717) is 16.4 Å². The van der Waals surface area contributed by atoms with Crippen LogP contribution in [0.15, 0.2) is 42.5 Å². The number of hydrogen-bond acceptors (Lipinski definition) is 5. The Morgan fingerprint density at radius 2 is 1.81 bits per heavy atom. The predicted octanol–water partition coefficient (Wildman–Crippen LogP) is 2.95. The molecule has 26 heavy (non-hydrogen) atoms. The number of halogens is 1. The van der Waals surface area contributed by atoms with Gasteiger partial charge in [-0.1, -0.05) is 11.6 Å². The van der Waals surface area contributed by atoms with Gasteiger partial charge in [-0.05, 0) is 42.5 Å². The fourth-order valence-corrected chi connectivity index (χ4v) is 2.38. The van der Waals surface area contributed by atoms with Crippen LogP contribution < -0.4 is 21.1 Å². The second-order valence-corrected chi connectivity index (χ2v) is 6.24. The molecule has 10 heteroatoms. The zero-order chi connectivity index (χ0) is 19.3. The molecule has 2 rings (SSSR count). The molecule has 2 aromatic rings. The average molecular weight is 394 g/mol. The van der Waals surface area contributed by atoms with Gasteiger partial charge in [-0.2, -0.15) is 0 Å². The van der Waals surface area contributed by atoms with Gasteiger partial charge in [0.05, 0.1) is 10.5 Å². The number of benzene rings is 2. The molecule has 0 aliphatic heterocycles. The molecule has 3 N–H and O–H groups in total. The first-order valence-corrected chi connectivity index (χ1v) is 8.15. The summed E-state index contributed by atoms with van der Waals surface area (Å²) >= 11 is 10.9. The quantitative estimate of drug-likeness (QED) is 0.417. The lowest BCUT2D eigenvalue weighted by Crippen LogP contribution is -2.44. The van der Waals surface area contributed by atoms with Crippen molar-refractivity contribution in [1.82, 2.24) is 10.9 Å². The first-order valence-electron chi connectivity index (χ1n) is 7.36. The average Bonchev–Trinajstić information content (AvgIpc) is 2.61. The van der Waals surface area contributed by atoms with Crippen molar-refractivity contribution in [3.63, 3.8) is 0 Å². The van der Waals surface area contributed by atoms with E-state index in [0.717, 1.165) is 0 Å². The maximum Gasteiger partial charge on any atom is 0.272 e. The number of nitro groups is 1. The molecule has 0 aromatic heterocycles. The van der Waals surface area contributed by atoms with E-state index in [1.54, 1.807) is 43.3 Å². The standard InChI is InChI=1S/C16H16ClN5O3S/c1-21(2)14-8-7-12(22(24)25)9-13(14)15(23)19-20-16(26)18-11-5-3-10(17)4-6-11/h3-9H,1-2H3,(H,19,23)(H2,18,20,26). The van der Waals surface area contributed by atoms with Crippen molar-refractivity contribution in [3.05, 3.63) is 63.2 Å². The number of thiocarbonyl (C=S) groups is 1. The summed E-state index contributed by atoms with van der Waals surface area (Å²) in [5.74, 6) is -0.558. The van der Waals surface area contributed by atoms with Gasteiger partial charge >= 0.3 is 0 Å². The van der Waals surface area contributed by atoms with Crippen LogP contribution in [0, 0.1) is 10.1 Å². The van der Waals surface area contributed by atoms with Crippen molar-refractivity contribution in [2.45, 2.75) is 0 Å². The summed E-state index contributed by atoms with van der Waals surface area (Å²) in [6.07, 6.45) is 0. The van der Waals surface area contributed by atoms with Crippen LogP contribution in [-0.4, -0.2) is 30.0 Å². The van der Waals surface area contributed by atoms with Crippen LogP contribution in [0.1, 0.15) is 10.4 Å². The molecule has 0 saturated heterocycles. The highest BCUT2D eigenvalue weighted by Gasteiger charge is 2.18. The maximum absolute atomic E-state index is 12.4. The molecule has 0 heterocycles. The monoisotopic (exact) mass is 393 g/mol. The SMILES string of the molecule is CN(C)c1ccc([N+](=O)[O-])cc1C(=O)NNC(=S)Nc1ccc(Cl)cc1. The number of amides is 1. The van der Waals surface area contributed by atoms with E-state index in [9.17, 15) is 14.9 Å². The summed E-state index contributed by atoms with van der Waals surface area (Å²) in [4.78, 5) is 24.5. The van der Waals surface area contributed by atoms with Gasteiger partial charge in [0.1, 0.15) is 0 Å². The first kappa shape index (κ1) is 19.4. The third-order valence-electron chi connectivity index (χ3n) is 3.31. The third-order valence-corrected chi connectivity index (χ3v) is 3.77. The van der Waals surface area contributed by atoms with E-state index in [2.05, 4.69) is 16.2 Å². The molecule has 0 aliphatic rings. The number of nitro benzene ring substituents is 1. The van der Waals surface area contributed by atoms with Gasteiger partial charge in [-0.25, -0.2) is 0 Å². The van der Waals surface area contributed by atoms with Gasteiger partial charge in [-0.3, -0.25) is 25.8 Å².